The first kappa shape index (κ1) is 19.9. The number of hydrogen-bond acceptors (Lipinski definition) is 4. The summed E-state index contributed by atoms with van der Waals surface area (Å²) in [4.78, 5) is -1.51. The third kappa shape index (κ3) is 4.01. The van der Waals surface area contributed by atoms with E-state index in [0.29, 0.717) is 0 Å². The second-order valence-electron chi connectivity index (χ2n) is 6.53. The Labute approximate surface area is 167 Å². The lowest BCUT2D eigenvalue weighted by atomic mass is 10.0. The molecule has 0 saturated carbocycles. The van der Waals surface area contributed by atoms with Crippen molar-refractivity contribution in [3.8, 4) is 23.7 Å². The molecule has 28 heavy (non-hydrogen) atoms. The van der Waals surface area contributed by atoms with Crippen molar-refractivity contribution in [1.82, 2.24) is 0 Å². The molecule has 3 rings (SSSR count). The van der Waals surface area contributed by atoms with Crippen LogP contribution >= 0.6 is 0 Å². The zero-order valence-electron chi connectivity index (χ0n) is 15.8. The van der Waals surface area contributed by atoms with Gasteiger partial charge in [-0.2, -0.15) is 10.2 Å². The standard InChI is InChI=1S/C23H22N2O2S/c1-2-3-4-9-14-21-19-24-25-23(21,18-17-20-12-7-5-8-13-20)28(26,27)22-15-10-6-11-16-22/h5-8,10-13,15-16,21H,2-4,19H2,1H3/t21-,23+/m0/s1. The number of hydrogen-bond donors (Lipinski definition) is 0. The molecule has 142 valence electrons. The number of azo groups is 1. The fraction of sp³-hybridized carbons (Fsp3) is 0.304. The molecule has 2 aromatic rings. The van der Waals surface area contributed by atoms with Gasteiger partial charge < -0.3 is 0 Å². The van der Waals surface area contributed by atoms with Crippen LogP contribution in [0.25, 0.3) is 0 Å². The second kappa shape index (κ2) is 8.87. The normalized spacial score (nSPS) is 20.7. The quantitative estimate of drug-likeness (QED) is 0.571. The van der Waals surface area contributed by atoms with Crippen molar-refractivity contribution in [3.05, 3.63) is 66.2 Å². The van der Waals surface area contributed by atoms with Crippen molar-refractivity contribution in [2.45, 2.75) is 36.0 Å². The molecular formula is C23H22N2O2S. The molecule has 0 fully saturated rings. The lowest BCUT2D eigenvalue weighted by Crippen LogP contribution is -2.41. The lowest BCUT2D eigenvalue weighted by molar-refractivity contribution is 0.536. The Kier molecular flexibility index (Phi) is 6.29. The maximum atomic E-state index is 13.6. The second-order valence-corrected chi connectivity index (χ2v) is 8.63. The highest BCUT2D eigenvalue weighted by Gasteiger charge is 2.53. The maximum absolute atomic E-state index is 13.6. The van der Waals surface area contributed by atoms with Gasteiger partial charge in [0.1, 0.15) is 0 Å². The number of sulfone groups is 1. The predicted molar refractivity (Wildman–Crippen MR) is 110 cm³/mol. The summed E-state index contributed by atoms with van der Waals surface area (Å²) in [6.45, 7) is 2.33. The molecule has 4 nitrogen and oxygen atoms in total. The monoisotopic (exact) mass is 390 g/mol. The van der Waals surface area contributed by atoms with Gasteiger partial charge in [0.2, 0.25) is 9.84 Å². The van der Waals surface area contributed by atoms with Gasteiger partial charge >= 0.3 is 0 Å². The highest BCUT2D eigenvalue weighted by atomic mass is 32.2. The minimum absolute atomic E-state index is 0.179. The smallest absolute Gasteiger partial charge is 0.220 e. The largest absolute Gasteiger partial charge is 0.261 e. The van der Waals surface area contributed by atoms with E-state index in [9.17, 15) is 8.42 Å². The molecule has 0 saturated heterocycles. The number of rotatable bonds is 4. The zero-order chi connectivity index (χ0) is 19.9. The van der Waals surface area contributed by atoms with Crippen molar-refractivity contribution in [3.63, 3.8) is 0 Å². The summed E-state index contributed by atoms with van der Waals surface area (Å²) in [5.74, 6) is 11.5. The van der Waals surface area contributed by atoms with E-state index in [1.807, 2.05) is 30.3 Å². The summed E-state index contributed by atoms with van der Waals surface area (Å²) in [5, 5.41) is 8.23. The van der Waals surface area contributed by atoms with Crippen molar-refractivity contribution in [2.75, 3.05) is 6.54 Å². The molecule has 0 bridgehead atoms. The Morgan fingerprint density at radius 3 is 2.43 bits per heavy atom. The molecule has 2 aromatic carbocycles. The van der Waals surface area contributed by atoms with Crippen molar-refractivity contribution < 1.29 is 8.42 Å². The van der Waals surface area contributed by atoms with Crippen LogP contribution in [0.3, 0.4) is 0 Å². The van der Waals surface area contributed by atoms with Crippen molar-refractivity contribution in [2.24, 2.45) is 16.1 Å². The highest BCUT2D eigenvalue weighted by Crippen LogP contribution is 2.38. The molecular weight excluding hydrogens is 368 g/mol. The van der Waals surface area contributed by atoms with E-state index in [1.54, 1.807) is 30.3 Å². The van der Waals surface area contributed by atoms with E-state index < -0.39 is 20.6 Å². The molecule has 0 radical (unpaired) electrons. The SMILES string of the molecule is CCCCC#C[C@H]1CN=N[C@]1(C#Cc1ccccc1)S(=O)(=O)c1ccccc1. The average molecular weight is 391 g/mol. The fourth-order valence-electron chi connectivity index (χ4n) is 2.91. The van der Waals surface area contributed by atoms with Crippen LogP contribution in [0.5, 0.6) is 0 Å². The van der Waals surface area contributed by atoms with E-state index >= 15 is 0 Å². The van der Waals surface area contributed by atoms with Crippen LogP contribution in [0.2, 0.25) is 0 Å². The summed E-state index contributed by atoms with van der Waals surface area (Å²) in [6, 6.07) is 17.6. The molecule has 0 unspecified atom stereocenters. The van der Waals surface area contributed by atoms with Crippen molar-refractivity contribution >= 4 is 9.84 Å². The van der Waals surface area contributed by atoms with Crippen LogP contribution < -0.4 is 0 Å². The van der Waals surface area contributed by atoms with E-state index in [4.69, 9.17) is 0 Å². The Hall–Kier alpha value is -2.89. The average Bonchev–Trinajstić information content (AvgIpc) is 3.15. The predicted octanol–water partition coefficient (Wildman–Crippen LogP) is 4.48. The summed E-state index contributed by atoms with van der Waals surface area (Å²) in [6.07, 6.45) is 2.73. The van der Waals surface area contributed by atoms with E-state index in [-0.39, 0.29) is 11.4 Å². The minimum atomic E-state index is -3.90. The van der Waals surface area contributed by atoms with E-state index in [0.717, 1.165) is 24.8 Å². The van der Waals surface area contributed by atoms with Crippen LogP contribution in [-0.4, -0.2) is 19.8 Å². The highest BCUT2D eigenvalue weighted by molar-refractivity contribution is 7.93. The van der Waals surface area contributed by atoms with Gasteiger partial charge in [-0.1, -0.05) is 61.6 Å². The van der Waals surface area contributed by atoms with Gasteiger partial charge in [-0.3, -0.25) is 0 Å². The first-order valence-corrected chi connectivity index (χ1v) is 10.8. The van der Waals surface area contributed by atoms with Gasteiger partial charge in [-0.05, 0) is 36.6 Å². The lowest BCUT2D eigenvalue weighted by Gasteiger charge is -2.23. The summed E-state index contributed by atoms with van der Waals surface area (Å²) in [5.41, 5.74) is 0.727. The van der Waals surface area contributed by atoms with E-state index in [2.05, 4.69) is 40.8 Å². The molecule has 0 aliphatic carbocycles. The van der Waals surface area contributed by atoms with Gasteiger partial charge in [0, 0.05) is 12.0 Å². The molecule has 2 atom stereocenters. The molecule has 0 amide bonds. The third-order valence-corrected chi connectivity index (χ3v) is 6.69. The first-order chi connectivity index (χ1) is 13.6. The van der Waals surface area contributed by atoms with Crippen LogP contribution in [-0.2, 0) is 9.84 Å². The molecule has 1 aliphatic heterocycles. The van der Waals surface area contributed by atoms with Gasteiger partial charge in [-0.15, -0.1) is 5.92 Å². The van der Waals surface area contributed by atoms with Crippen LogP contribution in [0.4, 0.5) is 0 Å². The minimum Gasteiger partial charge on any atom is -0.220 e. The summed E-state index contributed by atoms with van der Waals surface area (Å²) in [7, 11) is -3.90. The van der Waals surface area contributed by atoms with Crippen LogP contribution in [0.1, 0.15) is 31.7 Å². The maximum Gasteiger partial charge on any atom is 0.261 e. The molecule has 0 aromatic heterocycles. The Morgan fingerprint density at radius 1 is 1.07 bits per heavy atom. The zero-order valence-corrected chi connectivity index (χ0v) is 16.6. The topological polar surface area (TPSA) is 58.9 Å². The molecule has 5 heteroatoms. The molecule has 0 N–H and O–H groups in total. The number of nitrogens with zero attached hydrogens (tertiary/aromatic N) is 2. The van der Waals surface area contributed by atoms with Gasteiger partial charge in [0.05, 0.1) is 17.4 Å². The molecule has 1 aliphatic rings. The van der Waals surface area contributed by atoms with Crippen molar-refractivity contribution in [1.29, 1.82) is 0 Å². The molecule has 1 heterocycles. The Bertz CT molecular complexity index is 1060. The number of unbranched alkanes of at least 4 members (excludes halogenated alkanes) is 2. The fourth-order valence-corrected chi connectivity index (χ4v) is 4.64. The van der Waals surface area contributed by atoms with Gasteiger partial charge in [0.25, 0.3) is 4.87 Å². The van der Waals surface area contributed by atoms with Crippen LogP contribution in [0, 0.1) is 29.6 Å². The van der Waals surface area contributed by atoms with Crippen LogP contribution in [0.15, 0.2) is 75.8 Å². The summed E-state index contributed by atoms with van der Waals surface area (Å²) >= 11 is 0. The first-order valence-electron chi connectivity index (χ1n) is 9.35. The van der Waals surface area contributed by atoms with E-state index in [1.165, 1.54) is 0 Å². The Balaban J connectivity index is 2.10. The molecule has 0 spiro atoms. The summed E-state index contributed by atoms with van der Waals surface area (Å²) < 4.78 is 27.1. The third-order valence-electron chi connectivity index (χ3n) is 4.51. The number of benzene rings is 2. The van der Waals surface area contributed by atoms with Gasteiger partial charge in [-0.25, -0.2) is 8.42 Å². The van der Waals surface area contributed by atoms with Gasteiger partial charge in [0.15, 0.2) is 0 Å². The Morgan fingerprint density at radius 2 is 1.75 bits per heavy atom.